The predicted octanol–water partition coefficient (Wildman–Crippen LogP) is 4.56. The van der Waals surface area contributed by atoms with Crippen LogP contribution in [0.25, 0.3) is 11.0 Å². The summed E-state index contributed by atoms with van der Waals surface area (Å²) in [6, 6.07) is 19.5. The van der Waals surface area contributed by atoms with E-state index in [0.29, 0.717) is 22.7 Å². The Labute approximate surface area is 203 Å². The number of nitrogens with zero attached hydrogens (tertiary/aromatic N) is 4. The first-order valence-electron chi connectivity index (χ1n) is 12.1. The first-order chi connectivity index (χ1) is 17.1. The normalized spacial score (nSPS) is 15.1. The third-order valence-corrected chi connectivity index (χ3v) is 6.50. The molecule has 180 valence electrons. The monoisotopic (exact) mass is 471 g/mol. The number of amides is 2. The van der Waals surface area contributed by atoms with Crippen molar-refractivity contribution in [2.75, 3.05) is 4.90 Å². The quantitative estimate of drug-likeness (QED) is 0.427. The molecule has 2 heterocycles. The van der Waals surface area contributed by atoms with E-state index >= 15 is 0 Å². The van der Waals surface area contributed by atoms with Crippen molar-refractivity contribution >= 4 is 28.5 Å². The maximum absolute atomic E-state index is 13.9. The molecule has 4 aromatic rings. The Morgan fingerprint density at radius 1 is 1.03 bits per heavy atom. The summed E-state index contributed by atoms with van der Waals surface area (Å²) in [6.07, 6.45) is 5.26. The lowest BCUT2D eigenvalue weighted by Crippen LogP contribution is -2.48. The highest BCUT2D eigenvalue weighted by molar-refractivity contribution is 6.01. The van der Waals surface area contributed by atoms with Gasteiger partial charge >= 0.3 is 0 Å². The minimum absolute atomic E-state index is 0.0672. The summed E-state index contributed by atoms with van der Waals surface area (Å²) >= 11 is 0. The van der Waals surface area contributed by atoms with Crippen LogP contribution in [0, 0.1) is 6.92 Å². The molecule has 0 bridgehead atoms. The number of anilines is 1. The van der Waals surface area contributed by atoms with Crippen LogP contribution in [0.15, 0.2) is 71.1 Å². The third-order valence-electron chi connectivity index (χ3n) is 6.50. The van der Waals surface area contributed by atoms with E-state index in [1.807, 2.05) is 67.6 Å². The van der Waals surface area contributed by atoms with E-state index in [2.05, 4.69) is 15.6 Å². The first kappa shape index (κ1) is 22.8. The summed E-state index contributed by atoms with van der Waals surface area (Å²) in [7, 11) is 0. The van der Waals surface area contributed by atoms with Crippen LogP contribution in [0.2, 0.25) is 0 Å². The number of aryl methyl sites for hydroxylation is 1. The Morgan fingerprint density at radius 2 is 1.77 bits per heavy atom. The number of carbonyl (C=O) groups excluding carboxylic acids is 2. The number of hydrogen-bond donors (Lipinski definition) is 1. The second kappa shape index (κ2) is 10.1. The van der Waals surface area contributed by atoms with E-state index in [4.69, 9.17) is 4.42 Å². The van der Waals surface area contributed by atoms with Crippen molar-refractivity contribution in [3.63, 3.8) is 0 Å². The molecule has 1 fully saturated rings. The molecule has 2 aromatic carbocycles. The van der Waals surface area contributed by atoms with Gasteiger partial charge in [-0.25, -0.2) is 4.68 Å². The lowest BCUT2D eigenvalue weighted by molar-refractivity contribution is -0.128. The molecule has 35 heavy (non-hydrogen) atoms. The summed E-state index contributed by atoms with van der Waals surface area (Å²) in [5, 5.41) is 11.5. The second-order valence-electron chi connectivity index (χ2n) is 9.03. The molecule has 1 N–H and O–H groups in total. The number of fused-ring (bicyclic) bond motifs is 1. The zero-order chi connectivity index (χ0) is 24.2. The maximum atomic E-state index is 13.9. The highest BCUT2D eigenvalue weighted by Gasteiger charge is 2.36. The molecule has 0 spiro atoms. The van der Waals surface area contributed by atoms with Gasteiger partial charge < -0.3 is 9.73 Å². The van der Waals surface area contributed by atoms with Gasteiger partial charge in [0.15, 0.2) is 6.04 Å². The van der Waals surface area contributed by atoms with Gasteiger partial charge in [0.05, 0.1) is 5.52 Å². The van der Waals surface area contributed by atoms with Gasteiger partial charge in [-0.3, -0.25) is 14.5 Å². The van der Waals surface area contributed by atoms with Crippen molar-refractivity contribution in [1.82, 2.24) is 20.3 Å². The molecule has 8 nitrogen and oxygen atoms in total. The van der Waals surface area contributed by atoms with Gasteiger partial charge in [0.25, 0.3) is 5.91 Å². The van der Waals surface area contributed by atoms with E-state index in [0.717, 1.165) is 31.2 Å². The summed E-state index contributed by atoms with van der Waals surface area (Å²) < 4.78 is 7.49. The zero-order valence-corrected chi connectivity index (χ0v) is 19.8. The van der Waals surface area contributed by atoms with Crippen molar-refractivity contribution in [2.24, 2.45) is 0 Å². The van der Waals surface area contributed by atoms with E-state index < -0.39 is 6.04 Å². The molecule has 2 aromatic heterocycles. The Bertz CT molecular complexity index is 1310. The maximum Gasteiger partial charge on any atom is 0.251 e. The molecular formula is C27H29N5O3. The number of hydrogen-bond acceptors (Lipinski definition) is 5. The average Bonchev–Trinajstić information content (AvgIpc) is 3.49. The minimum Gasteiger partial charge on any atom is -0.464 e. The topological polar surface area (TPSA) is 93.3 Å². The molecule has 0 saturated heterocycles. The van der Waals surface area contributed by atoms with E-state index in [9.17, 15) is 9.59 Å². The summed E-state index contributed by atoms with van der Waals surface area (Å²) in [5.74, 6) is 0.575. The third kappa shape index (κ3) is 4.96. The van der Waals surface area contributed by atoms with Crippen molar-refractivity contribution in [3.8, 4) is 0 Å². The minimum atomic E-state index is -0.949. The second-order valence-corrected chi connectivity index (χ2v) is 9.03. The number of benzene rings is 2. The van der Waals surface area contributed by atoms with Crippen LogP contribution in [-0.4, -0.2) is 32.9 Å². The smallest absolute Gasteiger partial charge is 0.251 e. The standard InChI is InChI=1S/C27H29N5O3/c1-19-16-17-24(35-19)26(27(34)28-20-10-4-2-5-11-20)32(21-12-6-3-7-13-21)25(33)18-31-23-15-9-8-14-22(23)29-30-31/h3,6-9,12-17,20,26H,2,4-5,10-11,18H2,1H3,(H,28,34). The van der Waals surface area contributed by atoms with Gasteiger partial charge in [0.1, 0.15) is 23.6 Å². The predicted molar refractivity (Wildman–Crippen MR) is 133 cm³/mol. The molecule has 1 unspecified atom stereocenters. The molecule has 5 rings (SSSR count). The fourth-order valence-corrected chi connectivity index (χ4v) is 4.77. The number of furan rings is 1. The van der Waals surface area contributed by atoms with E-state index in [-0.39, 0.29) is 24.4 Å². The highest BCUT2D eigenvalue weighted by atomic mass is 16.3. The molecule has 1 aliphatic carbocycles. The Kier molecular flexibility index (Phi) is 6.61. The SMILES string of the molecule is Cc1ccc(C(C(=O)NC2CCCCC2)N(C(=O)Cn2nnc3ccccc32)c2ccccc2)o1. The number of para-hydroxylation sites is 2. The van der Waals surface area contributed by atoms with Gasteiger partial charge in [-0.15, -0.1) is 5.10 Å². The summed E-state index contributed by atoms with van der Waals surface area (Å²) in [4.78, 5) is 29.2. The van der Waals surface area contributed by atoms with Crippen LogP contribution in [0.3, 0.4) is 0 Å². The van der Waals surface area contributed by atoms with Crippen molar-refractivity contribution in [1.29, 1.82) is 0 Å². The molecular weight excluding hydrogens is 442 g/mol. The van der Waals surface area contributed by atoms with Crippen molar-refractivity contribution < 1.29 is 14.0 Å². The molecule has 0 aliphatic heterocycles. The molecule has 2 amide bonds. The van der Waals surface area contributed by atoms with Crippen LogP contribution in [0.4, 0.5) is 5.69 Å². The molecule has 0 radical (unpaired) electrons. The van der Waals surface area contributed by atoms with E-state index in [1.54, 1.807) is 10.7 Å². The van der Waals surface area contributed by atoms with Crippen LogP contribution in [0.5, 0.6) is 0 Å². The summed E-state index contributed by atoms with van der Waals surface area (Å²) in [6.45, 7) is 1.76. The van der Waals surface area contributed by atoms with E-state index in [1.165, 1.54) is 11.3 Å². The van der Waals surface area contributed by atoms with Crippen LogP contribution in [-0.2, 0) is 16.1 Å². The lowest BCUT2D eigenvalue weighted by atomic mass is 9.95. The van der Waals surface area contributed by atoms with Gasteiger partial charge in [0, 0.05) is 11.7 Å². The molecule has 1 aliphatic rings. The number of rotatable bonds is 7. The average molecular weight is 472 g/mol. The number of carbonyl (C=O) groups is 2. The van der Waals surface area contributed by atoms with Crippen LogP contribution in [0.1, 0.15) is 49.7 Å². The Hall–Kier alpha value is -3.94. The number of nitrogens with one attached hydrogen (secondary N) is 1. The highest BCUT2D eigenvalue weighted by Crippen LogP contribution is 2.30. The molecule has 8 heteroatoms. The van der Waals surface area contributed by atoms with Gasteiger partial charge in [-0.05, 0) is 56.2 Å². The molecule has 1 saturated carbocycles. The molecule has 1 atom stereocenters. The zero-order valence-electron chi connectivity index (χ0n) is 19.8. The number of aromatic nitrogens is 3. The van der Waals surface area contributed by atoms with Gasteiger partial charge in [-0.2, -0.15) is 0 Å². The largest absolute Gasteiger partial charge is 0.464 e. The Morgan fingerprint density at radius 3 is 2.51 bits per heavy atom. The van der Waals surface area contributed by atoms with Crippen LogP contribution >= 0.6 is 0 Å². The van der Waals surface area contributed by atoms with Crippen molar-refractivity contribution in [2.45, 2.75) is 57.7 Å². The van der Waals surface area contributed by atoms with Crippen molar-refractivity contribution in [3.05, 3.63) is 78.3 Å². The fraction of sp³-hybridized carbons (Fsp3) is 0.333. The fourth-order valence-electron chi connectivity index (χ4n) is 4.77. The van der Waals surface area contributed by atoms with Crippen LogP contribution < -0.4 is 10.2 Å². The first-order valence-corrected chi connectivity index (χ1v) is 12.1. The summed E-state index contributed by atoms with van der Waals surface area (Å²) in [5.41, 5.74) is 2.07. The van der Waals surface area contributed by atoms with Gasteiger partial charge in [-0.1, -0.05) is 54.8 Å². The Balaban J connectivity index is 1.52. The lowest BCUT2D eigenvalue weighted by Gasteiger charge is -2.32. The van der Waals surface area contributed by atoms with Gasteiger partial charge in [0.2, 0.25) is 5.91 Å².